The fourth-order valence-corrected chi connectivity index (χ4v) is 4.35. The molecule has 2 rings (SSSR count). The van der Waals surface area contributed by atoms with Crippen LogP contribution in [0.4, 0.5) is 10.1 Å². The van der Waals surface area contributed by atoms with Crippen LogP contribution in [0.3, 0.4) is 0 Å². The fourth-order valence-electron chi connectivity index (χ4n) is 2.38. The van der Waals surface area contributed by atoms with Crippen LogP contribution in [-0.2, 0) is 10.0 Å². The van der Waals surface area contributed by atoms with E-state index in [1.54, 1.807) is 0 Å². The van der Waals surface area contributed by atoms with Crippen LogP contribution in [0.1, 0.15) is 26.7 Å². The molecule has 0 bridgehead atoms. The molecule has 0 unspecified atom stereocenters. The lowest BCUT2D eigenvalue weighted by atomic mass is 10.0. The maximum absolute atomic E-state index is 13.2. The largest absolute Gasteiger partial charge is 0.398 e. The minimum atomic E-state index is -3.73. The first-order valence-corrected chi connectivity index (χ1v) is 7.27. The highest BCUT2D eigenvalue weighted by Crippen LogP contribution is 2.35. The van der Waals surface area contributed by atoms with E-state index in [1.165, 1.54) is 10.4 Å². The summed E-state index contributed by atoms with van der Waals surface area (Å²) < 4.78 is 39.6. The van der Waals surface area contributed by atoms with Crippen molar-refractivity contribution < 1.29 is 12.8 Å². The summed E-state index contributed by atoms with van der Waals surface area (Å²) in [7, 11) is -3.73. The molecule has 0 radical (unpaired) electrons. The number of hydrogen-bond donors (Lipinski definition) is 1. The van der Waals surface area contributed by atoms with Crippen molar-refractivity contribution in [1.82, 2.24) is 4.31 Å². The molecule has 2 N–H and O–H groups in total. The topological polar surface area (TPSA) is 63.4 Å². The summed E-state index contributed by atoms with van der Waals surface area (Å²) in [6.45, 7) is 4.19. The molecule has 1 aromatic carbocycles. The summed E-state index contributed by atoms with van der Waals surface area (Å²) in [5.74, 6) is -0.597. The molecule has 0 spiro atoms. The molecule has 1 saturated heterocycles. The molecule has 6 heteroatoms. The zero-order valence-electron chi connectivity index (χ0n) is 10.5. The first-order chi connectivity index (χ1) is 8.25. The number of nitrogens with zero attached hydrogens (tertiary/aromatic N) is 1. The standard InChI is InChI=1S/C12H17FN2O2S/c1-12(2)6-3-7-15(12)18(16,17)11-8-9(13)4-5-10(11)14/h4-5,8H,3,6-7,14H2,1-2H3. The molecule has 1 fully saturated rings. The Hall–Kier alpha value is -1.14. The van der Waals surface area contributed by atoms with E-state index >= 15 is 0 Å². The number of nitrogen functional groups attached to an aromatic ring is 1. The molecule has 0 amide bonds. The molecule has 18 heavy (non-hydrogen) atoms. The summed E-state index contributed by atoms with van der Waals surface area (Å²) >= 11 is 0. The van der Waals surface area contributed by atoms with Gasteiger partial charge in [0.2, 0.25) is 10.0 Å². The summed E-state index contributed by atoms with van der Waals surface area (Å²) in [5.41, 5.74) is 5.29. The lowest BCUT2D eigenvalue weighted by Gasteiger charge is -2.30. The maximum atomic E-state index is 13.2. The van der Waals surface area contributed by atoms with Crippen molar-refractivity contribution in [3.8, 4) is 0 Å². The smallest absolute Gasteiger partial charge is 0.245 e. The number of sulfonamides is 1. The molecule has 4 nitrogen and oxygen atoms in total. The van der Waals surface area contributed by atoms with Gasteiger partial charge in [-0.2, -0.15) is 4.31 Å². The third kappa shape index (κ3) is 2.10. The lowest BCUT2D eigenvalue weighted by molar-refractivity contribution is 0.292. The van der Waals surface area contributed by atoms with Crippen molar-refractivity contribution in [3.05, 3.63) is 24.0 Å². The van der Waals surface area contributed by atoms with E-state index in [9.17, 15) is 12.8 Å². The second-order valence-electron chi connectivity index (χ2n) is 5.18. The lowest BCUT2D eigenvalue weighted by Crippen LogP contribution is -2.42. The number of benzene rings is 1. The van der Waals surface area contributed by atoms with Gasteiger partial charge in [0.05, 0.1) is 5.69 Å². The normalized spacial score (nSPS) is 20.2. The molecule has 0 saturated carbocycles. The van der Waals surface area contributed by atoms with Gasteiger partial charge in [-0.15, -0.1) is 0 Å². The first-order valence-electron chi connectivity index (χ1n) is 5.83. The molecule has 1 aliphatic rings. The minimum Gasteiger partial charge on any atom is -0.398 e. The number of rotatable bonds is 2. The quantitative estimate of drug-likeness (QED) is 0.837. The van der Waals surface area contributed by atoms with Gasteiger partial charge in [0.25, 0.3) is 0 Å². The van der Waals surface area contributed by atoms with Crippen LogP contribution >= 0.6 is 0 Å². The second-order valence-corrected chi connectivity index (χ2v) is 7.01. The highest BCUT2D eigenvalue weighted by Gasteiger charge is 2.41. The average molecular weight is 272 g/mol. The number of anilines is 1. The molecular weight excluding hydrogens is 255 g/mol. The molecule has 0 aliphatic carbocycles. The predicted octanol–water partition coefficient (Wildman–Crippen LogP) is 1.97. The van der Waals surface area contributed by atoms with Gasteiger partial charge in [-0.25, -0.2) is 12.8 Å². The summed E-state index contributed by atoms with van der Waals surface area (Å²) in [6, 6.07) is 3.42. The molecule has 0 atom stereocenters. The van der Waals surface area contributed by atoms with Gasteiger partial charge in [0.1, 0.15) is 10.7 Å². The van der Waals surface area contributed by atoms with Gasteiger partial charge < -0.3 is 5.73 Å². The van der Waals surface area contributed by atoms with E-state index in [0.29, 0.717) is 6.54 Å². The minimum absolute atomic E-state index is 0.0825. The molecular formula is C12H17FN2O2S. The maximum Gasteiger partial charge on any atom is 0.245 e. The van der Waals surface area contributed by atoms with E-state index in [0.717, 1.165) is 25.0 Å². The Morgan fingerprint density at radius 3 is 2.61 bits per heavy atom. The van der Waals surface area contributed by atoms with Gasteiger partial charge in [-0.1, -0.05) is 0 Å². The average Bonchev–Trinajstić information content (AvgIpc) is 2.62. The second kappa shape index (κ2) is 4.20. The van der Waals surface area contributed by atoms with Gasteiger partial charge >= 0.3 is 0 Å². The van der Waals surface area contributed by atoms with Crippen molar-refractivity contribution in [2.75, 3.05) is 12.3 Å². The molecule has 0 aromatic heterocycles. The number of hydrogen-bond acceptors (Lipinski definition) is 3. The third-order valence-corrected chi connectivity index (χ3v) is 5.54. The molecule has 1 heterocycles. The Kier molecular flexibility index (Phi) is 3.11. The van der Waals surface area contributed by atoms with Crippen LogP contribution in [0, 0.1) is 5.82 Å². The van der Waals surface area contributed by atoms with Crippen LogP contribution < -0.4 is 5.73 Å². The molecule has 1 aromatic rings. The Balaban J connectivity index is 2.52. The Bertz CT molecular complexity index is 569. The highest BCUT2D eigenvalue weighted by molar-refractivity contribution is 7.89. The first kappa shape index (κ1) is 13.3. The van der Waals surface area contributed by atoms with Gasteiger partial charge in [-0.3, -0.25) is 0 Å². The zero-order valence-corrected chi connectivity index (χ0v) is 11.3. The van der Waals surface area contributed by atoms with Crippen molar-refractivity contribution in [1.29, 1.82) is 0 Å². The van der Waals surface area contributed by atoms with Crippen molar-refractivity contribution in [2.24, 2.45) is 0 Å². The SMILES string of the molecule is CC1(C)CCCN1S(=O)(=O)c1cc(F)ccc1N. The van der Waals surface area contributed by atoms with Crippen molar-refractivity contribution in [2.45, 2.75) is 37.1 Å². The monoisotopic (exact) mass is 272 g/mol. The van der Waals surface area contributed by atoms with E-state index in [-0.39, 0.29) is 10.6 Å². The van der Waals surface area contributed by atoms with Crippen LogP contribution in [0.15, 0.2) is 23.1 Å². The van der Waals surface area contributed by atoms with E-state index in [1.807, 2.05) is 13.8 Å². The number of halogens is 1. The fraction of sp³-hybridized carbons (Fsp3) is 0.500. The molecule has 100 valence electrons. The highest BCUT2D eigenvalue weighted by atomic mass is 32.2. The summed E-state index contributed by atoms with van der Waals surface area (Å²) in [6.07, 6.45) is 1.60. The Morgan fingerprint density at radius 2 is 2.06 bits per heavy atom. The van der Waals surface area contributed by atoms with Gasteiger partial charge in [-0.05, 0) is 44.9 Å². The van der Waals surface area contributed by atoms with Crippen LogP contribution in [0.5, 0.6) is 0 Å². The molecule has 1 aliphatic heterocycles. The third-order valence-electron chi connectivity index (χ3n) is 3.37. The van der Waals surface area contributed by atoms with Crippen LogP contribution in [0.2, 0.25) is 0 Å². The zero-order chi connectivity index (χ0) is 13.6. The van der Waals surface area contributed by atoms with Gasteiger partial charge in [0.15, 0.2) is 0 Å². The predicted molar refractivity (Wildman–Crippen MR) is 68.0 cm³/mol. The van der Waals surface area contributed by atoms with Crippen molar-refractivity contribution in [3.63, 3.8) is 0 Å². The van der Waals surface area contributed by atoms with E-state index in [2.05, 4.69) is 0 Å². The Morgan fingerprint density at radius 1 is 1.39 bits per heavy atom. The number of nitrogens with two attached hydrogens (primary N) is 1. The summed E-state index contributed by atoms with van der Waals surface area (Å²) in [5, 5.41) is 0. The van der Waals surface area contributed by atoms with Crippen molar-refractivity contribution >= 4 is 15.7 Å². The van der Waals surface area contributed by atoms with Crippen LogP contribution in [-0.4, -0.2) is 24.8 Å². The van der Waals surface area contributed by atoms with Crippen LogP contribution in [0.25, 0.3) is 0 Å². The van der Waals surface area contributed by atoms with Gasteiger partial charge in [0, 0.05) is 12.1 Å². The van der Waals surface area contributed by atoms with E-state index < -0.39 is 21.4 Å². The summed E-state index contributed by atoms with van der Waals surface area (Å²) in [4.78, 5) is -0.141. The Labute approximate surface area is 107 Å². The van der Waals surface area contributed by atoms with E-state index in [4.69, 9.17) is 5.73 Å².